The van der Waals surface area contributed by atoms with Gasteiger partial charge < -0.3 is 10.2 Å². The van der Waals surface area contributed by atoms with Gasteiger partial charge in [0.1, 0.15) is 0 Å². The van der Waals surface area contributed by atoms with Crippen LogP contribution in [0.1, 0.15) is 23.7 Å². The Morgan fingerprint density at radius 1 is 1.48 bits per heavy atom. The van der Waals surface area contributed by atoms with Crippen LogP contribution in [0.4, 0.5) is 0 Å². The maximum atomic E-state index is 12.7. The van der Waals surface area contributed by atoms with E-state index in [-0.39, 0.29) is 23.0 Å². The molecule has 1 fully saturated rings. The zero-order chi connectivity index (χ0) is 15.8. The highest BCUT2D eigenvalue weighted by molar-refractivity contribution is 14.1. The van der Waals surface area contributed by atoms with Crippen molar-refractivity contribution in [2.75, 3.05) is 13.2 Å². The van der Waals surface area contributed by atoms with Crippen molar-refractivity contribution in [2.24, 2.45) is 5.92 Å². The van der Waals surface area contributed by atoms with E-state index in [1.807, 2.05) is 29.5 Å². The fourth-order valence-corrected chi connectivity index (χ4v) is 4.83. The van der Waals surface area contributed by atoms with Crippen molar-refractivity contribution in [3.8, 4) is 0 Å². The Hall–Kier alpha value is -0.710. The smallest absolute Gasteiger partial charge is 0.336 e. The number of rotatable bonds is 4. The molecule has 21 heavy (non-hydrogen) atoms. The van der Waals surface area contributed by atoms with E-state index in [4.69, 9.17) is 5.11 Å². The summed E-state index contributed by atoms with van der Waals surface area (Å²) in [5, 5.41) is 18.5. The second kappa shape index (κ2) is 6.19. The molecule has 1 aliphatic heterocycles. The van der Waals surface area contributed by atoms with Gasteiger partial charge in [-0.3, -0.25) is 0 Å². The van der Waals surface area contributed by atoms with E-state index >= 15 is 0 Å². The lowest BCUT2D eigenvalue weighted by molar-refractivity contribution is 0.0695. The molecule has 0 amide bonds. The van der Waals surface area contributed by atoms with Crippen LogP contribution in [0.2, 0.25) is 0 Å². The van der Waals surface area contributed by atoms with E-state index in [0.29, 0.717) is 16.5 Å². The molecule has 0 aromatic heterocycles. The Balaban J connectivity index is 2.45. The first-order valence-electron chi connectivity index (χ1n) is 6.44. The minimum atomic E-state index is -3.80. The highest BCUT2D eigenvalue weighted by Gasteiger charge is 2.39. The normalized spacial score (nSPS) is 23.4. The third-order valence-corrected chi connectivity index (χ3v) is 6.65. The summed E-state index contributed by atoms with van der Waals surface area (Å²) in [7, 11) is -3.80. The summed E-state index contributed by atoms with van der Waals surface area (Å²) in [6.07, 6.45) is 0.681. The van der Waals surface area contributed by atoms with E-state index in [9.17, 15) is 18.3 Å². The molecule has 1 saturated heterocycles. The maximum Gasteiger partial charge on any atom is 0.336 e. The Kier molecular flexibility index (Phi) is 4.91. The number of sulfonamides is 1. The topological polar surface area (TPSA) is 94.9 Å². The highest BCUT2D eigenvalue weighted by atomic mass is 127. The molecule has 116 valence electrons. The number of halogens is 1. The number of aromatic carboxylic acids is 1. The van der Waals surface area contributed by atoms with E-state index in [1.165, 1.54) is 22.5 Å². The van der Waals surface area contributed by atoms with Crippen LogP contribution in [0, 0.1) is 9.49 Å². The van der Waals surface area contributed by atoms with E-state index in [0.717, 1.165) is 0 Å². The molecule has 0 spiro atoms. The first-order chi connectivity index (χ1) is 9.78. The average Bonchev–Trinajstić information content (AvgIpc) is 2.80. The average molecular weight is 425 g/mol. The second-order valence-electron chi connectivity index (χ2n) is 5.08. The van der Waals surface area contributed by atoms with Crippen molar-refractivity contribution in [1.82, 2.24) is 4.31 Å². The van der Waals surface area contributed by atoms with Crippen molar-refractivity contribution < 1.29 is 23.4 Å². The molecule has 2 rings (SSSR count). The molecule has 0 saturated carbocycles. The van der Waals surface area contributed by atoms with E-state index in [2.05, 4.69) is 0 Å². The van der Waals surface area contributed by atoms with Crippen molar-refractivity contribution >= 4 is 38.6 Å². The maximum absolute atomic E-state index is 12.7. The van der Waals surface area contributed by atoms with Gasteiger partial charge >= 0.3 is 5.97 Å². The summed E-state index contributed by atoms with van der Waals surface area (Å²) in [4.78, 5) is 11.1. The zero-order valence-corrected chi connectivity index (χ0v) is 14.3. The fourth-order valence-electron chi connectivity index (χ4n) is 2.51. The van der Waals surface area contributed by atoms with Gasteiger partial charge in [0.15, 0.2) is 0 Å². The summed E-state index contributed by atoms with van der Waals surface area (Å²) >= 11 is 1.85. The SMILES string of the molecule is CC1CCN(S(=O)(=O)c2ccc(I)c(C(=O)O)c2)C1CO. The van der Waals surface area contributed by atoms with Crippen molar-refractivity contribution in [3.63, 3.8) is 0 Å². The Morgan fingerprint density at radius 3 is 2.71 bits per heavy atom. The third kappa shape index (κ3) is 3.08. The number of aliphatic hydroxyl groups is 1. The van der Waals surface area contributed by atoms with Gasteiger partial charge in [-0.15, -0.1) is 0 Å². The van der Waals surface area contributed by atoms with Crippen molar-refractivity contribution in [2.45, 2.75) is 24.3 Å². The number of carbonyl (C=O) groups is 1. The van der Waals surface area contributed by atoms with Gasteiger partial charge in [-0.1, -0.05) is 6.92 Å². The lowest BCUT2D eigenvalue weighted by atomic mass is 10.0. The lowest BCUT2D eigenvalue weighted by Gasteiger charge is -2.24. The molecule has 2 N–H and O–H groups in total. The highest BCUT2D eigenvalue weighted by Crippen LogP contribution is 2.30. The third-order valence-electron chi connectivity index (χ3n) is 3.79. The molecule has 1 aromatic carbocycles. The van der Waals surface area contributed by atoms with Crippen LogP contribution in [0.3, 0.4) is 0 Å². The molecule has 8 heteroatoms. The van der Waals surface area contributed by atoms with Crippen LogP contribution in [0.15, 0.2) is 23.1 Å². The van der Waals surface area contributed by atoms with Gasteiger partial charge in [-0.2, -0.15) is 4.31 Å². The van der Waals surface area contributed by atoms with Gasteiger partial charge in [0, 0.05) is 10.1 Å². The first kappa shape index (κ1) is 16.7. The molecule has 1 heterocycles. The number of hydrogen-bond donors (Lipinski definition) is 2. The Bertz CT molecular complexity index is 661. The molecular formula is C13H16INO5S. The number of carboxylic acid groups (broad SMARTS) is 1. The zero-order valence-electron chi connectivity index (χ0n) is 11.4. The molecular weight excluding hydrogens is 409 g/mol. The van der Waals surface area contributed by atoms with Crippen LogP contribution in [0.25, 0.3) is 0 Å². The molecule has 2 unspecified atom stereocenters. The Morgan fingerprint density at radius 2 is 2.14 bits per heavy atom. The molecule has 0 aliphatic carbocycles. The van der Waals surface area contributed by atoms with Gasteiger partial charge in [-0.05, 0) is 53.1 Å². The molecule has 1 aromatic rings. The first-order valence-corrected chi connectivity index (χ1v) is 8.96. The standard InChI is InChI=1S/C13H16INO5S/c1-8-4-5-15(12(8)7-16)21(19,20)9-2-3-11(14)10(6-9)13(17)18/h2-3,6,8,12,16H,4-5,7H2,1H3,(H,17,18). The molecule has 0 bridgehead atoms. The predicted molar refractivity (Wildman–Crippen MR) is 84.7 cm³/mol. The summed E-state index contributed by atoms with van der Waals surface area (Å²) < 4.78 is 27.1. The monoisotopic (exact) mass is 425 g/mol. The quantitative estimate of drug-likeness (QED) is 0.711. The van der Waals surface area contributed by atoms with Gasteiger partial charge in [0.05, 0.1) is 23.1 Å². The number of benzene rings is 1. The number of carboxylic acids is 1. The van der Waals surface area contributed by atoms with Gasteiger partial charge in [0.2, 0.25) is 10.0 Å². The van der Waals surface area contributed by atoms with E-state index in [1.54, 1.807) is 0 Å². The van der Waals surface area contributed by atoms with Gasteiger partial charge in [-0.25, -0.2) is 13.2 Å². The number of nitrogens with zero attached hydrogens (tertiary/aromatic N) is 1. The Labute approximate surface area is 137 Å². The second-order valence-corrected chi connectivity index (χ2v) is 8.13. The number of hydrogen-bond acceptors (Lipinski definition) is 4. The molecule has 2 atom stereocenters. The summed E-state index contributed by atoms with van der Waals surface area (Å²) in [6, 6.07) is 3.60. The summed E-state index contributed by atoms with van der Waals surface area (Å²) in [5.41, 5.74) is -0.0375. The predicted octanol–water partition coefficient (Wildman–Crippen LogP) is 1.38. The number of aliphatic hydroxyl groups excluding tert-OH is 1. The van der Waals surface area contributed by atoms with Crippen LogP contribution in [0.5, 0.6) is 0 Å². The van der Waals surface area contributed by atoms with Crippen LogP contribution in [-0.4, -0.2) is 48.1 Å². The van der Waals surface area contributed by atoms with Crippen molar-refractivity contribution in [1.29, 1.82) is 0 Å². The summed E-state index contributed by atoms with van der Waals surface area (Å²) in [5.74, 6) is -1.09. The summed E-state index contributed by atoms with van der Waals surface area (Å²) in [6.45, 7) is 1.99. The van der Waals surface area contributed by atoms with Crippen LogP contribution < -0.4 is 0 Å². The minimum absolute atomic E-state index is 0.0375. The van der Waals surface area contributed by atoms with Crippen molar-refractivity contribution in [3.05, 3.63) is 27.3 Å². The van der Waals surface area contributed by atoms with Gasteiger partial charge in [0.25, 0.3) is 0 Å². The minimum Gasteiger partial charge on any atom is -0.478 e. The van der Waals surface area contributed by atoms with Crippen LogP contribution >= 0.6 is 22.6 Å². The lowest BCUT2D eigenvalue weighted by Crippen LogP contribution is -2.39. The van der Waals surface area contributed by atoms with Crippen LogP contribution in [-0.2, 0) is 10.0 Å². The van der Waals surface area contributed by atoms with E-state index < -0.39 is 22.0 Å². The molecule has 0 radical (unpaired) electrons. The molecule has 1 aliphatic rings. The molecule has 6 nitrogen and oxygen atoms in total. The largest absolute Gasteiger partial charge is 0.478 e. The fraction of sp³-hybridized carbons (Fsp3) is 0.462.